The summed E-state index contributed by atoms with van der Waals surface area (Å²) in [6.45, 7) is 1.66. The number of hydrogen-bond donors (Lipinski definition) is 2. The summed E-state index contributed by atoms with van der Waals surface area (Å²) in [6.07, 6.45) is 0. The highest BCUT2D eigenvalue weighted by Crippen LogP contribution is 2.27. The van der Waals surface area contributed by atoms with Gasteiger partial charge in [-0.1, -0.05) is 10.8 Å². The van der Waals surface area contributed by atoms with Crippen molar-refractivity contribution in [2.45, 2.75) is 0 Å². The van der Waals surface area contributed by atoms with Crippen molar-refractivity contribution in [2.24, 2.45) is 5.41 Å². The monoisotopic (exact) mass is 160 g/mol. The largest absolute Gasteiger partial charge is 0.313 e. The number of hydrogen-bond acceptors (Lipinski definition) is 4. The molecule has 0 aliphatic carbocycles. The fourth-order valence-electron chi connectivity index (χ4n) is 0.764. The zero-order valence-electron chi connectivity index (χ0n) is 4.92. The fourth-order valence-corrected chi connectivity index (χ4v) is 2.02. The second-order valence-electron chi connectivity index (χ2n) is 2.27. The lowest BCUT2D eigenvalue weighted by atomic mass is 9.86. The minimum absolute atomic E-state index is 0.105. The van der Waals surface area contributed by atoms with E-state index >= 15 is 0 Å². The SMILES string of the molecule is N#CC1(CSS)CNC1. The van der Waals surface area contributed by atoms with E-state index < -0.39 is 0 Å². The average molecular weight is 160 g/mol. The zero-order chi connectivity index (χ0) is 6.74. The van der Waals surface area contributed by atoms with Crippen molar-refractivity contribution in [3.8, 4) is 6.07 Å². The van der Waals surface area contributed by atoms with Gasteiger partial charge in [0.05, 0.1) is 11.5 Å². The van der Waals surface area contributed by atoms with Crippen LogP contribution >= 0.6 is 22.5 Å². The van der Waals surface area contributed by atoms with E-state index in [0.29, 0.717) is 0 Å². The van der Waals surface area contributed by atoms with Crippen LogP contribution in [-0.2, 0) is 0 Å². The van der Waals surface area contributed by atoms with E-state index in [1.54, 1.807) is 0 Å². The Morgan fingerprint density at radius 2 is 2.44 bits per heavy atom. The third-order valence-corrected chi connectivity index (χ3v) is 2.57. The van der Waals surface area contributed by atoms with Crippen molar-refractivity contribution in [3.63, 3.8) is 0 Å². The molecule has 0 amide bonds. The zero-order valence-corrected chi connectivity index (χ0v) is 6.63. The quantitative estimate of drug-likeness (QED) is 0.460. The molecule has 4 heteroatoms. The van der Waals surface area contributed by atoms with E-state index in [2.05, 4.69) is 23.0 Å². The van der Waals surface area contributed by atoms with Gasteiger partial charge in [-0.05, 0) is 0 Å². The molecule has 0 unspecified atom stereocenters. The molecule has 1 fully saturated rings. The molecule has 0 spiro atoms. The summed E-state index contributed by atoms with van der Waals surface area (Å²) < 4.78 is 0. The van der Waals surface area contributed by atoms with Crippen molar-refractivity contribution in [2.75, 3.05) is 18.8 Å². The first-order valence-corrected chi connectivity index (χ1v) is 4.75. The third-order valence-electron chi connectivity index (χ3n) is 1.50. The summed E-state index contributed by atoms with van der Waals surface area (Å²) in [6, 6.07) is 2.28. The van der Waals surface area contributed by atoms with E-state index in [1.807, 2.05) is 0 Å². The molecular formula is C5H8N2S2. The smallest absolute Gasteiger partial charge is 0.0919 e. The van der Waals surface area contributed by atoms with Crippen LogP contribution < -0.4 is 5.32 Å². The summed E-state index contributed by atoms with van der Waals surface area (Å²) in [7, 11) is 1.44. The molecule has 2 nitrogen and oxygen atoms in total. The Morgan fingerprint density at radius 3 is 2.56 bits per heavy atom. The molecule has 1 saturated heterocycles. The molecule has 0 saturated carbocycles. The lowest BCUT2D eigenvalue weighted by Gasteiger charge is -2.35. The van der Waals surface area contributed by atoms with Crippen LogP contribution in [0, 0.1) is 16.7 Å². The van der Waals surface area contributed by atoms with Gasteiger partial charge in [0.25, 0.3) is 0 Å². The van der Waals surface area contributed by atoms with Crippen molar-refractivity contribution in [3.05, 3.63) is 0 Å². The van der Waals surface area contributed by atoms with Gasteiger partial charge in [0.1, 0.15) is 0 Å². The molecule has 0 bridgehead atoms. The van der Waals surface area contributed by atoms with Crippen molar-refractivity contribution < 1.29 is 0 Å². The molecule has 1 aliphatic rings. The topological polar surface area (TPSA) is 35.8 Å². The van der Waals surface area contributed by atoms with E-state index in [9.17, 15) is 0 Å². The predicted molar refractivity (Wildman–Crippen MR) is 42.4 cm³/mol. The maximum absolute atomic E-state index is 8.63. The lowest BCUT2D eigenvalue weighted by Crippen LogP contribution is -2.53. The van der Waals surface area contributed by atoms with Crippen LogP contribution in [0.5, 0.6) is 0 Å². The van der Waals surface area contributed by atoms with Crippen LogP contribution in [0.3, 0.4) is 0 Å². The van der Waals surface area contributed by atoms with Crippen LogP contribution in [0.1, 0.15) is 0 Å². The van der Waals surface area contributed by atoms with Crippen LogP contribution in [0.2, 0.25) is 0 Å². The second kappa shape index (κ2) is 2.82. The number of rotatable bonds is 2. The van der Waals surface area contributed by atoms with E-state index in [0.717, 1.165) is 18.8 Å². The molecule has 0 radical (unpaired) electrons. The first-order chi connectivity index (χ1) is 4.33. The molecular weight excluding hydrogens is 152 g/mol. The fraction of sp³-hybridized carbons (Fsp3) is 0.800. The normalized spacial score (nSPS) is 22.2. The van der Waals surface area contributed by atoms with Crippen LogP contribution in [-0.4, -0.2) is 18.8 Å². The molecule has 9 heavy (non-hydrogen) atoms. The summed E-state index contributed by atoms with van der Waals surface area (Å²) in [4.78, 5) is 0. The van der Waals surface area contributed by atoms with Gasteiger partial charge in [-0.2, -0.15) is 5.26 Å². The number of thiol groups is 1. The number of nitrogens with one attached hydrogen (secondary N) is 1. The van der Waals surface area contributed by atoms with Crippen molar-refractivity contribution in [1.29, 1.82) is 5.26 Å². The van der Waals surface area contributed by atoms with E-state index in [-0.39, 0.29) is 5.41 Å². The molecule has 0 aromatic heterocycles. The highest BCUT2D eigenvalue weighted by Gasteiger charge is 2.36. The maximum Gasteiger partial charge on any atom is 0.0919 e. The van der Waals surface area contributed by atoms with E-state index in [4.69, 9.17) is 5.26 Å². The highest BCUT2D eigenvalue weighted by atomic mass is 33.1. The Balaban J connectivity index is 2.40. The van der Waals surface area contributed by atoms with Crippen LogP contribution in [0.25, 0.3) is 0 Å². The maximum atomic E-state index is 8.63. The average Bonchev–Trinajstić information content (AvgIpc) is 1.79. The molecule has 1 aliphatic heterocycles. The predicted octanol–water partition coefficient (Wildman–Crippen LogP) is 0.678. The molecule has 1 rings (SSSR count). The van der Waals surface area contributed by atoms with Gasteiger partial charge < -0.3 is 5.32 Å². The molecule has 1 N–H and O–H groups in total. The Bertz CT molecular complexity index is 136. The Labute approximate surface area is 63.8 Å². The molecule has 0 atom stereocenters. The van der Waals surface area contributed by atoms with Gasteiger partial charge in [0.2, 0.25) is 0 Å². The van der Waals surface area contributed by atoms with Gasteiger partial charge in [0, 0.05) is 18.8 Å². The third kappa shape index (κ3) is 1.34. The molecule has 1 heterocycles. The van der Waals surface area contributed by atoms with Gasteiger partial charge in [-0.25, -0.2) is 0 Å². The summed E-state index contributed by atoms with van der Waals surface area (Å²) in [5.41, 5.74) is -0.105. The van der Waals surface area contributed by atoms with Crippen molar-refractivity contribution >= 4 is 22.5 Å². The molecule has 0 aromatic carbocycles. The molecule has 0 aromatic rings. The standard InChI is InChI=1S/C5H8N2S2/c6-1-5(4-9-8)2-7-3-5/h7-8H,2-4H2. The Hall–Kier alpha value is 0.150. The minimum Gasteiger partial charge on any atom is -0.313 e. The second-order valence-corrected chi connectivity index (χ2v) is 3.59. The van der Waals surface area contributed by atoms with Gasteiger partial charge >= 0.3 is 0 Å². The minimum atomic E-state index is -0.105. The summed E-state index contributed by atoms with van der Waals surface area (Å²) in [5.74, 6) is 0.833. The lowest BCUT2D eigenvalue weighted by molar-refractivity contribution is 0.287. The van der Waals surface area contributed by atoms with E-state index in [1.165, 1.54) is 10.8 Å². The number of nitriles is 1. The van der Waals surface area contributed by atoms with Gasteiger partial charge in [-0.15, -0.1) is 11.7 Å². The van der Waals surface area contributed by atoms with Crippen LogP contribution in [0.15, 0.2) is 0 Å². The van der Waals surface area contributed by atoms with Crippen LogP contribution in [0.4, 0.5) is 0 Å². The highest BCUT2D eigenvalue weighted by molar-refractivity contribution is 8.68. The Kier molecular flexibility index (Phi) is 2.28. The van der Waals surface area contributed by atoms with Gasteiger partial charge in [0.15, 0.2) is 0 Å². The summed E-state index contributed by atoms with van der Waals surface area (Å²) >= 11 is 3.99. The number of nitrogens with zero attached hydrogens (tertiary/aromatic N) is 1. The first-order valence-electron chi connectivity index (χ1n) is 2.71. The summed E-state index contributed by atoms with van der Waals surface area (Å²) in [5, 5.41) is 11.7. The Morgan fingerprint density at radius 1 is 1.78 bits per heavy atom. The van der Waals surface area contributed by atoms with Crippen molar-refractivity contribution in [1.82, 2.24) is 5.32 Å². The van der Waals surface area contributed by atoms with Gasteiger partial charge in [-0.3, -0.25) is 0 Å². The first kappa shape index (κ1) is 7.26. The molecule has 50 valence electrons.